The molecule has 75 heavy (non-hydrogen) atoms. The summed E-state index contributed by atoms with van der Waals surface area (Å²) < 4.78 is 13.6. The van der Waals surface area contributed by atoms with Crippen molar-refractivity contribution >= 4 is 27.8 Å². The molecule has 2 aliphatic heterocycles. The summed E-state index contributed by atoms with van der Waals surface area (Å²) in [5.41, 5.74) is 21.0. The zero-order valence-electron chi connectivity index (χ0n) is 40.7. The van der Waals surface area contributed by atoms with Gasteiger partial charge in [-0.15, -0.1) is 0 Å². The van der Waals surface area contributed by atoms with Gasteiger partial charge in [-0.2, -0.15) is 0 Å². The number of fused-ring (bicyclic) bond motifs is 19. The normalized spacial score (nSPS) is 14.0. The molecule has 0 bridgehead atoms. The SMILES string of the molecule is c1ccc(-c2ccc(-c3ccccc3N(c3ccc4c(c3)-c3cc5ccccc5cc3C43c4ccccc4Oc4ccccc43)c3cccc4c3-c3ccccc3C43c4ccccc4Oc4ccccc43)cc2)cc1. The minimum absolute atomic E-state index is 0.634. The van der Waals surface area contributed by atoms with Crippen LogP contribution in [0.2, 0.25) is 0 Å². The minimum Gasteiger partial charge on any atom is -0.457 e. The lowest BCUT2D eigenvalue weighted by molar-refractivity contribution is 0.436. The van der Waals surface area contributed by atoms with Gasteiger partial charge < -0.3 is 14.4 Å². The van der Waals surface area contributed by atoms with E-state index in [0.29, 0.717) is 0 Å². The van der Waals surface area contributed by atoms with Crippen molar-refractivity contribution in [3.05, 3.63) is 317 Å². The summed E-state index contributed by atoms with van der Waals surface area (Å²) in [4.78, 5) is 2.55. The first kappa shape index (κ1) is 41.9. The molecule has 2 spiro atoms. The molecule has 0 N–H and O–H groups in total. The fourth-order valence-corrected chi connectivity index (χ4v) is 13.6. The van der Waals surface area contributed by atoms with Crippen LogP contribution in [0, 0.1) is 0 Å². The van der Waals surface area contributed by atoms with Crippen LogP contribution < -0.4 is 14.4 Å². The van der Waals surface area contributed by atoms with Crippen molar-refractivity contribution in [2.24, 2.45) is 0 Å². The fraction of sp³-hybridized carbons (Fsp3) is 0.0278. The Bertz CT molecular complexity index is 4230. The standard InChI is InChI=1S/C72H45NO2/c1-2-19-46(20-3-1)47-37-39-48(40-38-47)52-23-7-13-31-64(52)73(65-32-18-30-62-70(65)53-24-6-8-25-56(53)71(62)58-26-9-14-33-66(58)74-67-34-15-10-27-59(67)71)51-41-42-57-55(45-51)54-43-49-21-4-5-22-50(49)44-63(54)72(57)60-28-11-16-35-68(60)75-69-36-17-12-29-61(69)72/h1-45H. The number of hydrogen-bond donors (Lipinski definition) is 0. The largest absolute Gasteiger partial charge is 0.457 e. The highest BCUT2D eigenvalue weighted by Gasteiger charge is 2.53. The number of nitrogens with zero attached hydrogens (tertiary/aromatic N) is 1. The van der Waals surface area contributed by atoms with Crippen LogP contribution in [0.15, 0.2) is 273 Å². The Hall–Kier alpha value is -9.70. The molecule has 0 atom stereocenters. The first-order valence-electron chi connectivity index (χ1n) is 25.9. The number of anilines is 3. The van der Waals surface area contributed by atoms with Gasteiger partial charge in [-0.1, -0.05) is 212 Å². The molecule has 0 aromatic heterocycles. The van der Waals surface area contributed by atoms with Gasteiger partial charge in [0.15, 0.2) is 0 Å². The fourth-order valence-electron chi connectivity index (χ4n) is 13.6. The van der Waals surface area contributed by atoms with E-state index < -0.39 is 10.8 Å². The van der Waals surface area contributed by atoms with Crippen molar-refractivity contribution in [3.63, 3.8) is 0 Å². The van der Waals surface area contributed by atoms with Crippen LogP contribution in [-0.4, -0.2) is 0 Å². The van der Waals surface area contributed by atoms with Crippen LogP contribution in [0.1, 0.15) is 44.5 Å². The van der Waals surface area contributed by atoms with Crippen molar-refractivity contribution in [3.8, 4) is 67.5 Å². The second kappa shape index (κ2) is 15.9. The summed E-state index contributed by atoms with van der Waals surface area (Å²) in [7, 11) is 0. The Labute approximate surface area is 435 Å². The number of benzene rings is 12. The van der Waals surface area contributed by atoms with E-state index in [9.17, 15) is 0 Å². The highest BCUT2D eigenvalue weighted by atomic mass is 16.5. The van der Waals surface area contributed by atoms with Gasteiger partial charge in [0.1, 0.15) is 23.0 Å². The molecule has 2 heterocycles. The molecule has 350 valence electrons. The van der Waals surface area contributed by atoms with E-state index >= 15 is 0 Å². The highest BCUT2D eigenvalue weighted by molar-refractivity contribution is 6.03. The van der Waals surface area contributed by atoms with Gasteiger partial charge in [-0.25, -0.2) is 0 Å². The molecule has 0 saturated carbocycles. The predicted molar refractivity (Wildman–Crippen MR) is 304 cm³/mol. The van der Waals surface area contributed by atoms with E-state index in [1.165, 1.54) is 66.4 Å². The Kier molecular flexibility index (Phi) is 8.88. The number of para-hydroxylation sites is 5. The maximum atomic E-state index is 6.79. The Balaban J connectivity index is 0.995. The molecule has 0 amide bonds. The summed E-state index contributed by atoms with van der Waals surface area (Å²) in [6, 6.07) is 100. The molecule has 0 unspecified atom stereocenters. The summed E-state index contributed by atoms with van der Waals surface area (Å²) in [6.45, 7) is 0. The van der Waals surface area contributed by atoms with Crippen LogP contribution in [-0.2, 0) is 10.8 Å². The first-order chi connectivity index (χ1) is 37.2. The molecule has 12 aromatic rings. The van der Waals surface area contributed by atoms with Crippen LogP contribution in [0.4, 0.5) is 17.1 Å². The molecule has 16 rings (SSSR count). The van der Waals surface area contributed by atoms with Crippen LogP contribution in [0.5, 0.6) is 23.0 Å². The van der Waals surface area contributed by atoms with Crippen molar-refractivity contribution < 1.29 is 9.47 Å². The van der Waals surface area contributed by atoms with Crippen molar-refractivity contribution in [2.45, 2.75) is 10.8 Å². The topological polar surface area (TPSA) is 21.7 Å². The van der Waals surface area contributed by atoms with Gasteiger partial charge >= 0.3 is 0 Å². The molecule has 0 saturated heterocycles. The molecule has 4 aliphatic rings. The van der Waals surface area contributed by atoms with Gasteiger partial charge in [0, 0.05) is 39.1 Å². The number of rotatable bonds is 5. The lowest BCUT2D eigenvalue weighted by Gasteiger charge is -2.39. The van der Waals surface area contributed by atoms with Gasteiger partial charge in [0.05, 0.1) is 22.2 Å². The highest BCUT2D eigenvalue weighted by Crippen LogP contribution is 2.66. The Morgan fingerprint density at radius 1 is 0.253 bits per heavy atom. The van der Waals surface area contributed by atoms with Gasteiger partial charge in [-0.05, 0) is 127 Å². The maximum absolute atomic E-state index is 6.79. The number of ether oxygens (including phenoxy) is 2. The van der Waals surface area contributed by atoms with E-state index in [0.717, 1.165) is 73.4 Å². The van der Waals surface area contributed by atoms with E-state index in [-0.39, 0.29) is 0 Å². The van der Waals surface area contributed by atoms with Gasteiger partial charge in [0.2, 0.25) is 0 Å². The third-order valence-electron chi connectivity index (χ3n) is 16.6. The summed E-state index contributed by atoms with van der Waals surface area (Å²) >= 11 is 0. The third kappa shape index (κ3) is 5.75. The monoisotopic (exact) mass is 955 g/mol. The van der Waals surface area contributed by atoms with Crippen molar-refractivity contribution in [1.82, 2.24) is 0 Å². The molecule has 2 aliphatic carbocycles. The maximum Gasteiger partial charge on any atom is 0.132 e. The predicted octanol–water partition coefficient (Wildman–Crippen LogP) is 18.6. The lowest BCUT2D eigenvalue weighted by atomic mass is 9.66. The van der Waals surface area contributed by atoms with E-state index in [1.54, 1.807) is 0 Å². The van der Waals surface area contributed by atoms with Crippen LogP contribution in [0.3, 0.4) is 0 Å². The van der Waals surface area contributed by atoms with E-state index in [1.807, 2.05) is 0 Å². The van der Waals surface area contributed by atoms with Gasteiger partial charge in [-0.3, -0.25) is 0 Å². The van der Waals surface area contributed by atoms with E-state index in [4.69, 9.17) is 9.47 Å². The quantitative estimate of drug-likeness (QED) is 0.172. The van der Waals surface area contributed by atoms with Crippen molar-refractivity contribution in [2.75, 3.05) is 4.90 Å². The zero-order chi connectivity index (χ0) is 49.2. The zero-order valence-corrected chi connectivity index (χ0v) is 40.7. The average Bonchev–Trinajstić information content (AvgIpc) is 4.15. The smallest absolute Gasteiger partial charge is 0.132 e. The molecule has 3 nitrogen and oxygen atoms in total. The summed E-state index contributed by atoms with van der Waals surface area (Å²) in [5, 5.41) is 2.42. The Morgan fingerprint density at radius 3 is 1.33 bits per heavy atom. The van der Waals surface area contributed by atoms with Crippen LogP contribution >= 0.6 is 0 Å². The summed E-state index contributed by atoms with van der Waals surface area (Å²) in [5.74, 6) is 3.51. The minimum atomic E-state index is -0.639. The number of hydrogen-bond acceptors (Lipinski definition) is 3. The summed E-state index contributed by atoms with van der Waals surface area (Å²) in [6.07, 6.45) is 0. The first-order valence-corrected chi connectivity index (χ1v) is 25.9. The van der Waals surface area contributed by atoms with Crippen LogP contribution in [0.25, 0.3) is 55.3 Å². The van der Waals surface area contributed by atoms with Crippen molar-refractivity contribution in [1.29, 1.82) is 0 Å². The second-order valence-corrected chi connectivity index (χ2v) is 20.2. The van der Waals surface area contributed by atoms with Gasteiger partial charge in [0.25, 0.3) is 0 Å². The average molecular weight is 956 g/mol. The molecule has 0 fully saturated rings. The molecular weight excluding hydrogens is 911 g/mol. The lowest BCUT2D eigenvalue weighted by Crippen LogP contribution is -2.32. The molecular formula is C72H45NO2. The Morgan fingerprint density at radius 2 is 0.693 bits per heavy atom. The molecule has 3 heteroatoms. The second-order valence-electron chi connectivity index (χ2n) is 20.2. The molecule has 0 radical (unpaired) electrons. The molecule has 12 aromatic carbocycles. The van der Waals surface area contributed by atoms with E-state index in [2.05, 4.69) is 278 Å². The third-order valence-corrected chi connectivity index (χ3v) is 16.6.